The molecule has 0 heterocycles. The van der Waals surface area contributed by atoms with Gasteiger partial charge in [0.15, 0.2) is 0 Å². The van der Waals surface area contributed by atoms with Gasteiger partial charge in [0, 0.05) is 6.54 Å². The molecule has 0 bridgehead atoms. The van der Waals surface area contributed by atoms with Gasteiger partial charge in [-0.05, 0) is 6.42 Å². The van der Waals surface area contributed by atoms with Crippen molar-refractivity contribution in [3.63, 3.8) is 0 Å². The van der Waals surface area contributed by atoms with Crippen molar-refractivity contribution < 1.29 is 9.90 Å². The Balaban J connectivity index is 3.08. The summed E-state index contributed by atoms with van der Waals surface area (Å²) in [6, 6.07) is -0.777. The highest BCUT2D eigenvalue weighted by atomic mass is 16.3. The Morgan fingerprint density at radius 1 is 0.731 bits per heavy atom. The van der Waals surface area contributed by atoms with Crippen LogP contribution in [0, 0.1) is 0 Å². The molecule has 1 atom stereocenters. The minimum atomic E-state index is -0.777. The van der Waals surface area contributed by atoms with Crippen LogP contribution in [0.3, 0.4) is 0 Å². The lowest BCUT2D eigenvalue weighted by molar-refractivity contribution is -0.123. The highest BCUT2D eigenvalue weighted by molar-refractivity contribution is 5.81. The molecule has 0 aromatic carbocycles. The second-order valence-electron chi connectivity index (χ2n) is 7.74. The number of carbonyl (C=O) groups is 1. The third-order valence-electron chi connectivity index (χ3n) is 5.11. The molecule has 0 unspecified atom stereocenters. The lowest BCUT2D eigenvalue weighted by atomic mass is 10.0. The molecule has 0 saturated heterocycles. The van der Waals surface area contributed by atoms with Crippen LogP contribution in [0.1, 0.15) is 116 Å². The van der Waals surface area contributed by atoms with Crippen molar-refractivity contribution >= 4 is 5.91 Å². The Hall–Kier alpha value is -0.610. The van der Waals surface area contributed by atoms with E-state index >= 15 is 0 Å². The van der Waals surface area contributed by atoms with Crippen molar-refractivity contribution in [1.82, 2.24) is 5.32 Å². The molecule has 0 aromatic heterocycles. The van der Waals surface area contributed by atoms with Crippen molar-refractivity contribution in [2.75, 3.05) is 13.2 Å². The monoisotopic (exact) mass is 370 g/mol. The predicted molar refractivity (Wildman–Crippen MR) is 112 cm³/mol. The molecule has 4 nitrogen and oxygen atoms in total. The van der Waals surface area contributed by atoms with E-state index in [1.807, 2.05) is 0 Å². The second kappa shape index (κ2) is 20.7. The first-order valence-electron chi connectivity index (χ1n) is 11.4. The van der Waals surface area contributed by atoms with Crippen molar-refractivity contribution in [3.8, 4) is 0 Å². The van der Waals surface area contributed by atoms with Crippen LogP contribution in [0.25, 0.3) is 0 Å². The minimum absolute atomic E-state index is 0.246. The Labute approximate surface area is 162 Å². The van der Waals surface area contributed by atoms with Crippen molar-refractivity contribution in [2.24, 2.45) is 5.73 Å². The lowest BCUT2D eigenvalue weighted by Crippen LogP contribution is -2.43. The van der Waals surface area contributed by atoms with Crippen LogP contribution in [-0.4, -0.2) is 30.2 Å². The quantitative estimate of drug-likeness (QED) is 0.262. The number of hydrogen-bond donors (Lipinski definition) is 3. The van der Waals surface area contributed by atoms with Crippen LogP contribution in [-0.2, 0) is 4.79 Å². The molecule has 4 heteroatoms. The summed E-state index contributed by atoms with van der Waals surface area (Å²) in [5, 5.41) is 11.5. The molecule has 0 rings (SSSR count). The predicted octanol–water partition coefficient (Wildman–Crippen LogP) is 5.07. The Kier molecular flexibility index (Phi) is 20.2. The first-order chi connectivity index (χ1) is 12.7. The summed E-state index contributed by atoms with van der Waals surface area (Å²) in [4.78, 5) is 11.3. The normalized spacial score (nSPS) is 12.3. The van der Waals surface area contributed by atoms with E-state index in [1.54, 1.807) is 0 Å². The Morgan fingerprint density at radius 3 is 1.42 bits per heavy atom. The molecule has 0 aliphatic carbocycles. The van der Waals surface area contributed by atoms with Gasteiger partial charge >= 0.3 is 0 Å². The van der Waals surface area contributed by atoms with Gasteiger partial charge in [-0.25, -0.2) is 0 Å². The van der Waals surface area contributed by atoms with Crippen LogP contribution < -0.4 is 11.1 Å². The molecular formula is C22H46N2O2. The number of aliphatic hydroxyl groups excluding tert-OH is 1. The molecule has 0 spiro atoms. The molecule has 156 valence electrons. The van der Waals surface area contributed by atoms with E-state index in [2.05, 4.69) is 12.2 Å². The molecule has 0 aliphatic rings. The highest BCUT2D eigenvalue weighted by Crippen LogP contribution is 2.13. The zero-order valence-electron chi connectivity index (χ0n) is 17.4. The van der Waals surface area contributed by atoms with Gasteiger partial charge in [0.05, 0.1) is 6.61 Å². The fourth-order valence-electron chi connectivity index (χ4n) is 3.28. The summed E-state index contributed by atoms with van der Waals surface area (Å²) >= 11 is 0. The third kappa shape index (κ3) is 18.2. The van der Waals surface area contributed by atoms with Crippen LogP contribution in [0.2, 0.25) is 0 Å². The van der Waals surface area contributed by atoms with Gasteiger partial charge in [0.2, 0.25) is 5.91 Å². The lowest BCUT2D eigenvalue weighted by Gasteiger charge is -2.09. The summed E-state index contributed by atoms with van der Waals surface area (Å²) in [6.45, 7) is 2.66. The van der Waals surface area contributed by atoms with Crippen molar-refractivity contribution in [2.45, 2.75) is 122 Å². The van der Waals surface area contributed by atoms with E-state index in [4.69, 9.17) is 10.8 Å². The molecule has 0 radical (unpaired) electrons. The first-order valence-corrected chi connectivity index (χ1v) is 11.4. The van der Waals surface area contributed by atoms with Crippen LogP contribution in [0.4, 0.5) is 0 Å². The zero-order chi connectivity index (χ0) is 19.3. The number of amides is 1. The average molecular weight is 371 g/mol. The van der Waals surface area contributed by atoms with Crippen LogP contribution in [0.5, 0.6) is 0 Å². The maximum Gasteiger partial charge on any atom is 0.239 e. The van der Waals surface area contributed by atoms with E-state index in [0.717, 1.165) is 12.8 Å². The molecule has 1 amide bonds. The molecule has 4 N–H and O–H groups in total. The van der Waals surface area contributed by atoms with Crippen LogP contribution in [0.15, 0.2) is 0 Å². The molecule has 0 saturated carbocycles. The van der Waals surface area contributed by atoms with Gasteiger partial charge in [0.25, 0.3) is 0 Å². The summed E-state index contributed by atoms with van der Waals surface area (Å²) in [5.74, 6) is -0.246. The number of hydrogen-bond acceptors (Lipinski definition) is 3. The number of nitrogens with one attached hydrogen (secondary N) is 1. The summed E-state index contributed by atoms with van der Waals surface area (Å²) in [6.07, 6.45) is 23.0. The molecule has 0 fully saturated rings. The highest BCUT2D eigenvalue weighted by Gasteiger charge is 2.10. The van der Waals surface area contributed by atoms with E-state index in [-0.39, 0.29) is 12.5 Å². The maximum atomic E-state index is 11.3. The number of rotatable bonds is 20. The molecule has 26 heavy (non-hydrogen) atoms. The fourth-order valence-corrected chi connectivity index (χ4v) is 3.28. The number of carbonyl (C=O) groups excluding carboxylic acids is 1. The van der Waals surface area contributed by atoms with E-state index in [0.29, 0.717) is 6.54 Å². The summed E-state index contributed by atoms with van der Waals surface area (Å²) in [7, 11) is 0. The van der Waals surface area contributed by atoms with E-state index in [9.17, 15) is 4.79 Å². The average Bonchev–Trinajstić information content (AvgIpc) is 2.66. The summed E-state index contributed by atoms with van der Waals surface area (Å²) < 4.78 is 0. The molecular weight excluding hydrogens is 324 g/mol. The Morgan fingerprint density at radius 2 is 1.08 bits per heavy atom. The van der Waals surface area contributed by atoms with Crippen molar-refractivity contribution in [1.29, 1.82) is 0 Å². The molecule has 0 aromatic rings. The Bertz CT molecular complexity index is 298. The van der Waals surface area contributed by atoms with Gasteiger partial charge < -0.3 is 16.2 Å². The van der Waals surface area contributed by atoms with Gasteiger partial charge in [-0.15, -0.1) is 0 Å². The molecule has 0 aliphatic heterocycles. The third-order valence-corrected chi connectivity index (χ3v) is 5.11. The SMILES string of the molecule is CCCCCCCCCCCCCCCCCCCNC(=O)[C@H](N)CO. The van der Waals surface area contributed by atoms with E-state index < -0.39 is 6.04 Å². The minimum Gasteiger partial charge on any atom is -0.394 e. The van der Waals surface area contributed by atoms with E-state index in [1.165, 1.54) is 96.3 Å². The first kappa shape index (κ1) is 25.4. The smallest absolute Gasteiger partial charge is 0.239 e. The number of unbranched alkanes of at least 4 members (excludes halogenated alkanes) is 16. The number of aliphatic hydroxyl groups is 1. The van der Waals surface area contributed by atoms with Gasteiger partial charge in [-0.2, -0.15) is 0 Å². The van der Waals surface area contributed by atoms with Gasteiger partial charge in [-0.1, -0.05) is 110 Å². The standard InChI is InChI=1S/C22H46N2O2/c1-2-3-4-5-6-7-8-9-10-11-12-13-14-15-16-17-18-19-24-22(26)21(23)20-25/h21,25H,2-20,23H2,1H3,(H,24,26)/t21-/m1/s1. The summed E-state index contributed by atoms with van der Waals surface area (Å²) in [5.41, 5.74) is 5.43. The topological polar surface area (TPSA) is 75.4 Å². The maximum absolute atomic E-state index is 11.3. The van der Waals surface area contributed by atoms with Gasteiger partial charge in [-0.3, -0.25) is 4.79 Å². The zero-order valence-corrected chi connectivity index (χ0v) is 17.4. The second-order valence-corrected chi connectivity index (χ2v) is 7.74. The van der Waals surface area contributed by atoms with Crippen LogP contribution >= 0.6 is 0 Å². The largest absolute Gasteiger partial charge is 0.394 e. The van der Waals surface area contributed by atoms with Crippen molar-refractivity contribution in [3.05, 3.63) is 0 Å². The van der Waals surface area contributed by atoms with Gasteiger partial charge in [0.1, 0.15) is 6.04 Å². The fraction of sp³-hybridized carbons (Fsp3) is 0.955. The number of nitrogens with two attached hydrogens (primary N) is 1.